The quantitative estimate of drug-likeness (QED) is 0.927. The molecule has 8 heteroatoms. The summed E-state index contributed by atoms with van der Waals surface area (Å²) >= 11 is 0. The highest BCUT2D eigenvalue weighted by Crippen LogP contribution is 2.28. The Morgan fingerprint density at radius 1 is 0.750 bits per heavy atom. The van der Waals surface area contributed by atoms with Crippen LogP contribution in [-0.4, -0.2) is 16.8 Å². The molecule has 2 N–H and O–H groups in total. The molecular formula is C12H11N2O4S2-. The molecule has 0 aliphatic heterocycles. The van der Waals surface area contributed by atoms with Crippen LogP contribution >= 0.6 is 0 Å². The van der Waals surface area contributed by atoms with Crippen LogP contribution in [0.15, 0.2) is 64.4 Å². The lowest BCUT2D eigenvalue weighted by molar-refractivity contribution is 0.597. The van der Waals surface area contributed by atoms with E-state index in [0.717, 1.165) is 0 Å². The predicted octanol–water partition coefficient (Wildman–Crippen LogP) is 1.73. The number of primary sulfonamides is 1. The van der Waals surface area contributed by atoms with Crippen LogP contribution in [0.3, 0.4) is 0 Å². The number of hydrogen-bond donors (Lipinski definition) is 1. The van der Waals surface area contributed by atoms with E-state index < -0.39 is 20.0 Å². The van der Waals surface area contributed by atoms with Crippen LogP contribution in [0.25, 0.3) is 4.72 Å². The fraction of sp³-hybridized carbons (Fsp3) is 0. The lowest BCUT2D eigenvalue weighted by Crippen LogP contribution is -2.11. The van der Waals surface area contributed by atoms with Gasteiger partial charge in [0.05, 0.1) is 9.79 Å². The summed E-state index contributed by atoms with van der Waals surface area (Å²) in [6, 6.07) is 12.7. The average Bonchev–Trinajstić information content (AvgIpc) is 2.39. The molecule has 0 fully saturated rings. The minimum absolute atomic E-state index is 0.0653. The minimum Gasteiger partial charge on any atom is -0.573 e. The molecule has 0 unspecified atom stereocenters. The third-order valence-corrected chi connectivity index (χ3v) is 4.68. The van der Waals surface area contributed by atoms with Crippen LogP contribution in [0.4, 0.5) is 5.69 Å². The Bertz CT molecular complexity index is 798. The normalized spacial score (nSPS) is 12.1. The smallest absolute Gasteiger partial charge is 0.238 e. The number of benzene rings is 2. The van der Waals surface area contributed by atoms with Crippen molar-refractivity contribution in [3.8, 4) is 0 Å². The van der Waals surface area contributed by atoms with Crippen molar-refractivity contribution in [2.45, 2.75) is 9.79 Å². The first-order valence-corrected chi connectivity index (χ1v) is 8.44. The minimum atomic E-state index is -3.82. The van der Waals surface area contributed by atoms with Crippen LogP contribution in [-0.2, 0) is 20.0 Å². The maximum absolute atomic E-state index is 12.0. The summed E-state index contributed by atoms with van der Waals surface area (Å²) in [6.07, 6.45) is 0. The van der Waals surface area contributed by atoms with E-state index in [1.807, 2.05) is 0 Å². The Kier molecular flexibility index (Phi) is 3.80. The second-order valence-corrected chi connectivity index (χ2v) is 7.08. The molecule has 2 aromatic rings. The van der Waals surface area contributed by atoms with Crippen LogP contribution in [0.5, 0.6) is 0 Å². The van der Waals surface area contributed by atoms with Crippen LogP contribution < -0.4 is 5.14 Å². The summed E-state index contributed by atoms with van der Waals surface area (Å²) < 4.78 is 49.7. The van der Waals surface area contributed by atoms with E-state index in [-0.39, 0.29) is 15.5 Å². The van der Waals surface area contributed by atoms with Gasteiger partial charge in [0.25, 0.3) is 0 Å². The summed E-state index contributed by atoms with van der Waals surface area (Å²) in [5.74, 6) is 0. The SMILES string of the molecule is NS(=O)(=O)c1ccc([N-]S(=O)(=O)c2ccccc2)cc1. The van der Waals surface area contributed by atoms with Crippen molar-refractivity contribution in [2.24, 2.45) is 5.14 Å². The first kappa shape index (κ1) is 14.5. The summed E-state index contributed by atoms with van der Waals surface area (Å²) in [5, 5.41) is 4.95. The zero-order chi connectivity index (χ0) is 14.8. The summed E-state index contributed by atoms with van der Waals surface area (Å²) in [6.45, 7) is 0. The van der Waals surface area contributed by atoms with Crippen molar-refractivity contribution in [3.63, 3.8) is 0 Å². The molecule has 0 aromatic heterocycles. The number of nitrogens with zero attached hydrogens (tertiary/aromatic N) is 1. The van der Waals surface area contributed by atoms with Gasteiger partial charge in [-0.25, -0.2) is 22.0 Å². The Labute approximate surface area is 117 Å². The molecule has 0 aliphatic rings. The van der Waals surface area contributed by atoms with Crippen molar-refractivity contribution >= 4 is 25.7 Å². The van der Waals surface area contributed by atoms with Gasteiger partial charge in [0.15, 0.2) is 0 Å². The predicted molar refractivity (Wildman–Crippen MR) is 74.5 cm³/mol. The first-order valence-electron chi connectivity index (χ1n) is 5.45. The van der Waals surface area contributed by atoms with Crippen LogP contribution in [0.1, 0.15) is 0 Å². The molecule has 0 atom stereocenters. The molecule has 0 saturated carbocycles. The van der Waals surface area contributed by atoms with Gasteiger partial charge in [-0.2, -0.15) is 0 Å². The second kappa shape index (κ2) is 5.23. The second-order valence-electron chi connectivity index (χ2n) is 3.92. The van der Waals surface area contributed by atoms with E-state index in [9.17, 15) is 16.8 Å². The van der Waals surface area contributed by atoms with Gasteiger partial charge >= 0.3 is 0 Å². The zero-order valence-electron chi connectivity index (χ0n) is 10.2. The van der Waals surface area contributed by atoms with E-state index in [2.05, 4.69) is 4.72 Å². The van der Waals surface area contributed by atoms with Crippen LogP contribution in [0, 0.1) is 0 Å². The molecule has 0 amide bonds. The maximum atomic E-state index is 12.0. The van der Waals surface area contributed by atoms with Crippen molar-refractivity contribution < 1.29 is 16.8 Å². The summed E-state index contributed by atoms with van der Waals surface area (Å²) in [7, 11) is -7.62. The van der Waals surface area contributed by atoms with Gasteiger partial charge < -0.3 is 4.72 Å². The van der Waals surface area contributed by atoms with Gasteiger partial charge in [-0.3, -0.25) is 0 Å². The molecule has 2 aromatic carbocycles. The molecular weight excluding hydrogens is 300 g/mol. The number of hydrogen-bond acceptors (Lipinski definition) is 4. The van der Waals surface area contributed by atoms with E-state index in [4.69, 9.17) is 5.14 Å². The van der Waals surface area contributed by atoms with Gasteiger partial charge in [-0.15, -0.1) is 5.69 Å². The molecule has 0 spiro atoms. The Morgan fingerprint density at radius 2 is 1.30 bits per heavy atom. The molecule has 0 bridgehead atoms. The fourth-order valence-corrected chi connectivity index (χ4v) is 3.00. The largest absolute Gasteiger partial charge is 0.573 e. The van der Waals surface area contributed by atoms with E-state index >= 15 is 0 Å². The topological polar surface area (TPSA) is 108 Å². The Morgan fingerprint density at radius 3 is 1.80 bits per heavy atom. The van der Waals surface area contributed by atoms with E-state index in [1.165, 1.54) is 36.4 Å². The average molecular weight is 311 g/mol. The highest BCUT2D eigenvalue weighted by molar-refractivity contribution is 7.94. The highest BCUT2D eigenvalue weighted by atomic mass is 32.2. The van der Waals surface area contributed by atoms with Gasteiger partial charge in [-0.1, -0.05) is 30.3 Å². The van der Waals surface area contributed by atoms with Crippen molar-refractivity contribution in [1.82, 2.24) is 0 Å². The Hall–Kier alpha value is -1.90. The maximum Gasteiger partial charge on any atom is 0.238 e. The first-order chi connectivity index (χ1) is 9.29. The van der Waals surface area contributed by atoms with Crippen molar-refractivity contribution in [3.05, 3.63) is 59.3 Å². The fourth-order valence-electron chi connectivity index (χ4n) is 1.48. The summed E-state index contributed by atoms with van der Waals surface area (Å²) in [5.41, 5.74) is 0.126. The molecule has 20 heavy (non-hydrogen) atoms. The lowest BCUT2D eigenvalue weighted by Gasteiger charge is -2.21. The molecule has 0 saturated heterocycles. The van der Waals surface area contributed by atoms with E-state index in [1.54, 1.807) is 18.2 Å². The number of rotatable bonds is 4. The highest BCUT2D eigenvalue weighted by Gasteiger charge is 2.07. The van der Waals surface area contributed by atoms with Crippen LogP contribution in [0.2, 0.25) is 0 Å². The summed E-state index contributed by atoms with van der Waals surface area (Å²) in [4.78, 5) is -0.0379. The molecule has 0 aliphatic carbocycles. The van der Waals surface area contributed by atoms with Gasteiger partial charge in [0, 0.05) is 0 Å². The molecule has 106 valence electrons. The van der Waals surface area contributed by atoms with Crippen molar-refractivity contribution in [1.29, 1.82) is 0 Å². The Balaban J connectivity index is 2.27. The molecule has 0 radical (unpaired) electrons. The van der Waals surface area contributed by atoms with E-state index in [0.29, 0.717) is 0 Å². The zero-order valence-corrected chi connectivity index (χ0v) is 11.8. The van der Waals surface area contributed by atoms with Gasteiger partial charge in [0.2, 0.25) is 10.0 Å². The van der Waals surface area contributed by atoms with Crippen molar-refractivity contribution in [2.75, 3.05) is 0 Å². The van der Waals surface area contributed by atoms with Gasteiger partial charge in [-0.05, 0) is 24.3 Å². The number of sulfonamides is 2. The third kappa shape index (κ3) is 3.35. The molecule has 6 nitrogen and oxygen atoms in total. The number of nitrogens with two attached hydrogens (primary N) is 1. The third-order valence-electron chi connectivity index (χ3n) is 2.43. The molecule has 2 rings (SSSR count). The van der Waals surface area contributed by atoms with Gasteiger partial charge in [0.1, 0.15) is 10.0 Å². The monoisotopic (exact) mass is 311 g/mol. The molecule has 0 heterocycles. The lowest BCUT2D eigenvalue weighted by atomic mass is 10.3. The standard InChI is InChI=1S/C12H11N2O4S2/c13-19(15,16)11-8-6-10(7-9-11)14-20(17,18)12-4-2-1-3-5-12/h1-9H,(H2,13,15,16)/q-1.